The zero-order chi connectivity index (χ0) is 21.3. The van der Waals surface area contributed by atoms with Gasteiger partial charge in [0.2, 0.25) is 5.91 Å². The van der Waals surface area contributed by atoms with Gasteiger partial charge in [-0.05, 0) is 38.3 Å². The van der Waals surface area contributed by atoms with Crippen LogP contribution in [0.3, 0.4) is 0 Å². The smallest absolute Gasteiger partial charge is 0.309 e. The van der Waals surface area contributed by atoms with E-state index < -0.39 is 0 Å². The molecule has 1 unspecified atom stereocenters. The van der Waals surface area contributed by atoms with Gasteiger partial charge in [-0.15, -0.1) is 11.3 Å². The van der Waals surface area contributed by atoms with Crippen molar-refractivity contribution in [2.24, 2.45) is 5.92 Å². The molecule has 0 saturated heterocycles. The van der Waals surface area contributed by atoms with Crippen LogP contribution in [0.15, 0.2) is 24.3 Å². The number of imide groups is 1. The number of fused-ring (bicyclic) bond motifs is 2. The first-order valence-electron chi connectivity index (χ1n) is 9.88. The number of esters is 1. The normalized spacial score (nSPS) is 17.5. The van der Waals surface area contributed by atoms with E-state index in [1.165, 1.54) is 11.3 Å². The number of rotatable bonds is 6. The summed E-state index contributed by atoms with van der Waals surface area (Å²) in [5.74, 6) is -1.44. The molecule has 8 nitrogen and oxygen atoms in total. The molecular formula is C21H21N3O5S. The Morgan fingerprint density at radius 3 is 2.60 bits per heavy atom. The molecule has 0 spiro atoms. The molecule has 1 atom stereocenters. The first-order valence-corrected chi connectivity index (χ1v) is 10.7. The van der Waals surface area contributed by atoms with Crippen molar-refractivity contribution >= 4 is 40.2 Å². The number of carbonyl (C=O) groups excluding carboxylic acids is 4. The van der Waals surface area contributed by atoms with Crippen LogP contribution in [-0.4, -0.2) is 46.7 Å². The highest BCUT2D eigenvalue weighted by atomic mass is 32.1. The van der Waals surface area contributed by atoms with Crippen LogP contribution in [0.25, 0.3) is 0 Å². The fourth-order valence-corrected chi connectivity index (χ4v) is 4.83. The zero-order valence-corrected chi connectivity index (χ0v) is 17.3. The molecule has 2 aromatic rings. The lowest BCUT2D eigenvalue weighted by Crippen LogP contribution is -2.32. The number of aryl methyl sites for hydroxylation is 1. The third-order valence-electron chi connectivity index (χ3n) is 5.25. The zero-order valence-electron chi connectivity index (χ0n) is 16.5. The average molecular weight is 427 g/mol. The van der Waals surface area contributed by atoms with Gasteiger partial charge in [-0.1, -0.05) is 12.1 Å². The van der Waals surface area contributed by atoms with Crippen molar-refractivity contribution < 1.29 is 23.9 Å². The maximum atomic E-state index is 12.4. The highest BCUT2D eigenvalue weighted by molar-refractivity contribution is 7.15. The monoisotopic (exact) mass is 427 g/mol. The predicted molar refractivity (Wildman–Crippen MR) is 109 cm³/mol. The van der Waals surface area contributed by atoms with Crippen LogP contribution in [0, 0.1) is 5.92 Å². The van der Waals surface area contributed by atoms with Crippen LogP contribution in [0.2, 0.25) is 0 Å². The van der Waals surface area contributed by atoms with E-state index >= 15 is 0 Å². The number of nitrogens with one attached hydrogen (secondary N) is 1. The number of aromatic nitrogens is 1. The van der Waals surface area contributed by atoms with Crippen LogP contribution < -0.4 is 5.32 Å². The molecule has 0 fully saturated rings. The van der Waals surface area contributed by atoms with E-state index in [1.54, 1.807) is 31.2 Å². The van der Waals surface area contributed by atoms with Gasteiger partial charge >= 0.3 is 5.97 Å². The summed E-state index contributed by atoms with van der Waals surface area (Å²) in [4.78, 5) is 55.6. The van der Waals surface area contributed by atoms with Gasteiger partial charge in [0.05, 0.1) is 29.3 Å². The third kappa shape index (κ3) is 3.85. The van der Waals surface area contributed by atoms with Crippen molar-refractivity contribution in [3.8, 4) is 0 Å². The van der Waals surface area contributed by atoms with Crippen molar-refractivity contribution in [3.05, 3.63) is 46.0 Å². The Morgan fingerprint density at radius 1 is 1.23 bits per heavy atom. The van der Waals surface area contributed by atoms with E-state index in [0.717, 1.165) is 15.5 Å². The second kappa shape index (κ2) is 8.35. The Morgan fingerprint density at radius 2 is 1.93 bits per heavy atom. The molecule has 30 heavy (non-hydrogen) atoms. The van der Waals surface area contributed by atoms with E-state index in [9.17, 15) is 19.2 Å². The average Bonchev–Trinajstić information content (AvgIpc) is 3.24. The number of hydrogen-bond donors (Lipinski definition) is 1. The van der Waals surface area contributed by atoms with Crippen LogP contribution >= 0.6 is 11.3 Å². The Balaban J connectivity index is 1.33. The Hall–Kier alpha value is -3.07. The topological polar surface area (TPSA) is 106 Å². The lowest BCUT2D eigenvalue weighted by atomic mass is 9.91. The predicted octanol–water partition coefficient (Wildman–Crippen LogP) is 2.44. The lowest BCUT2D eigenvalue weighted by molar-refractivity contribution is -0.148. The summed E-state index contributed by atoms with van der Waals surface area (Å²) in [5, 5.41) is 3.22. The summed E-state index contributed by atoms with van der Waals surface area (Å²) in [6.07, 6.45) is 1.90. The minimum absolute atomic E-state index is 0.00814. The Labute approximate surface area is 177 Å². The van der Waals surface area contributed by atoms with E-state index in [-0.39, 0.29) is 42.6 Å². The molecule has 0 radical (unpaired) electrons. The quantitative estimate of drug-likeness (QED) is 0.561. The number of thiazole rings is 1. The van der Waals surface area contributed by atoms with Gasteiger partial charge in [-0.3, -0.25) is 24.1 Å². The third-order valence-corrected chi connectivity index (χ3v) is 6.28. The fraction of sp³-hybridized carbons (Fsp3) is 0.381. The first-order chi connectivity index (χ1) is 14.5. The van der Waals surface area contributed by atoms with Crippen LogP contribution in [0.1, 0.15) is 51.1 Å². The maximum absolute atomic E-state index is 12.4. The van der Waals surface area contributed by atoms with Crippen LogP contribution in [0.5, 0.6) is 0 Å². The molecule has 2 aliphatic rings. The summed E-state index contributed by atoms with van der Waals surface area (Å²) in [6.45, 7) is 2.15. The number of ether oxygens (including phenoxy) is 1. The number of amides is 3. The molecule has 156 valence electrons. The molecule has 1 aromatic carbocycles. The molecule has 2 heterocycles. The molecular weight excluding hydrogens is 406 g/mol. The summed E-state index contributed by atoms with van der Waals surface area (Å²) < 4.78 is 5.10. The van der Waals surface area contributed by atoms with Crippen molar-refractivity contribution in [2.45, 2.75) is 32.6 Å². The van der Waals surface area contributed by atoms with Gasteiger partial charge in [0, 0.05) is 17.8 Å². The number of nitrogens with zero attached hydrogens (tertiary/aromatic N) is 2. The van der Waals surface area contributed by atoms with Crippen molar-refractivity contribution in [2.75, 3.05) is 18.5 Å². The summed E-state index contributed by atoms with van der Waals surface area (Å²) >= 11 is 1.35. The van der Waals surface area contributed by atoms with Gasteiger partial charge in [-0.2, -0.15) is 0 Å². The molecule has 1 N–H and O–H groups in total. The number of hydrogen-bond acceptors (Lipinski definition) is 7. The number of anilines is 1. The van der Waals surface area contributed by atoms with Gasteiger partial charge in [-0.25, -0.2) is 4.98 Å². The second-order valence-corrected chi connectivity index (χ2v) is 8.27. The Bertz CT molecular complexity index is 996. The molecule has 3 amide bonds. The molecule has 1 aliphatic heterocycles. The fourth-order valence-electron chi connectivity index (χ4n) is 3.73. The van der Waals surface area contributed by atoms with E-state index in [0.29, 0.717) is 42.1 Å². The van der Waals surface area contributed by atoms with E-state index in [4.69, 9.17) is 4.74 Å². The second-order valence-electron chi connectivity index (χ2n) is 7.19. The highest BCUT2D eigenvalue weighted by Crippen LogP contribution is 2.33. The summed E-state index contributed by atoms with van der Waals surface area (Å²) in [5.41, 5.74) is 1.63. The molecule has 4 rings (SSSR count). The summed E-state index contributed by atoms with van der Waals surface area (Å²) in [6, 6.07) is 6.63. The summed E-state index contributed by atoms with van der Waals surface area (Å²) in [7, 11) is 0. The van der Waals surface area contributed by atoms with Gasteiger partial charge in [0.1, 0.15) is 0 Å². The molecule has 0 saturated carbocycles. The molecule has 1 aliphatic carbocycles. The van der Waals surface area contributed by atoms with Crippen molar-refractivity contribution in [1.29, 1.82) is 0 Å². The first kappa shape index (κ1) is 20.2. The maximum Gasteiger partial charge on any atom is 0.309 e. The largest absolute Gasteiger partial charge is 0.466 e. The molecule has 9 heteroatoms. The van der Waals surface area contributed by atoms with Crippen molar-refractivity contribution in [3.63, 3.8) is 0 Å². The highest BCUT2D eigenvalue weighted by Gasteiger charge is 2.35. The Kier molecular flexibility index (Phi) is 5.63. The van der Waals surface area contributed by atoms with E-state index in [2.05, 4.69) is 10.3 Å². The van der Waals surface area contributed by atoms with Gasteiger partial charge in [0.15, 0.2) is 5.13 Å². The van der Waals surface area contributed by atoms with Crippen LogP contribution in [0.4, 0.5) is 5.13 Å². The lowest BCUT2D eigenvalue weighted by Gasteiger charge is -2.18. The van der Waals surface area contributed by atoms with Gasteiger partial charge in [0.25, 0.3) is 11.8 Å². The number of carbonyl (C=O) groups is 4. The SMILES string of the molecule is CCOC(=O)C1CCc2nc(NC(=O)CCN3C(=O)c4ccccc4C3=O)sc2C1. The van der Waals surface area contributed by atoms with Crippen LogP contribution in [-0.2, 0) is 27.2 Å². The number of benzene rings is 1. The van der Waals surface area contributed by atoms with E-state index in [1.807, 2.05) is 0 Å². The minimum Gasteiger partial charge on any atom is -0.466 e. The standard InChI is InChI=1S/C21H21N3O5S/c1-2-29-20(28)12-7-8-15-16(11-12)30-21(22-15)23-17(25)9-10-24-18(26)13-5-3-4-6-14(13)19(24)27/h3-6,12H,2,7-11H2,1H3,(H,22,23,25). The van der Waals surface area contributed by atoms with Crippen molar-refractivity contribution in [1.82, 2.24) is 9.88 Å². The molecule has 0 bridgehead atoms. The molecule has 1 aromatic heterocycles. The van der Waals surface area contributed by atoms with Gasteiger partial charge < -0.3 is 10.1 Å². The minimum atomic E-state index is -0.377.